The summed E-state index contributed by atoms with van der Waals surface area (Å²) >= 11 is 1.49. The van der Waals surface area contributed by atoms with Crippen molar-refractivity contribution in [2.75, 3.05) is 0 Å². The number of amides is 2. The number of nitrogens with one attached hydrogen (secondary N) is 3. The van der Waals surface area contributed by atoms with Crippen molar-refractivity contribution in [1.29, 1.82) is 0 Å². The van der Waals surface area contributed by atoms with E-state index < -0.39 is 0 Å². The van der Waals surface area contributed by atoms with Gasteiger partial charge in [-0.3, -0.25) is 14.4 Å². The summed E-state index contributed by atoms with van der Waals surface area (Å²) in [6.07, 6.45) is 0.128. The van der Waals surface area contributed by atoms with E-state index in [-0.39, 0.29) is 36.4 Å². The van der Waals surface area contributed by atoms with Crippen molar-refractivity contribution >= 4 is 23.2 Å². The van der Waals surface area contributed by atoms with Gasteiger partial charge < -0.3 is 15.6 Å². The minimum atomic E-state index is -0.361. The van der Waals surface area contributed by atoms with Crippen LogP contribution in [-0.4, -0.2) is 16.8 Å². The van der Waals surface area contributed by atoms with Gasteiger partial charge in [-0.05, 0) is 36.9 Å². The summed E-state index contributed by atoms with van der Waals surface area (Å²) < 4.78 is 0. The molecule has 0 aliphatic heterocycles. The van der Waals surface area contributed by atoms with E-state index in [0.29, 0.717) is 5.56 Å². The standard InChI is InChI=1S/C17H21N3O3S/c1-10-7-11(2)19-17(23)13(10)9-18-16(22)8-14(20-12(3)21)15-5-4-6-24-15/h4-7,14H,8-9H2,1-3H3,(H,18,22)(H,19,23)(H,20,21)/t14-/m1/s1. The van der Waals surface area contributed by atoms with E-state index in [1.54, 1.807) is 0 Å². The maximum absolute atomic E-state index is 12.2. The predicted molar refractivity (Wildman–Crippen MR) is 93.9 cm³/mol. The van der Waals surface area contributed by atoms with Crippen LogP contribution in [0.1, 0.15) is 41.1 Å². The van der Waals surface area contributed by atoms with Crippen molar-refractivity contribution in [3.63, 3.8) is 0 Å². The van der Waals surface area contributed by atoms with Gasteiger partial charge >= 0.3 is 0 Å². The fraction of sp³-hybridized carbons (Fsp3) is 0.353. The fourth-order valence-corrected chi connectivity index (χ4v) is 3.28. The summed E-state index contributed by atoms with van der Waals surface area (Å²) in [6, 6.07) is 5.27. The van der Waals surface area contributed by atoms with Crippen LogP contribution >= 0.6 is 11.3 Å². The Morgan fingerprint density at radius 3 is 2.67 bits per heavy atom. The molecule has 0 unspecified atom stereocenters. The number of pyridine rings is 1. The average Bonchev–Trinajstić information content (AvgIpc) is 2.99. The molecule has 128 valence electrons. The third kappa shape index (κ3) is 4.79. The third-order valence-corrected chi connectivity index (χ3v) is 4.60. The molecule has 24 heavy (non-hydrogen) atoms. The lowest BCUT2D eigenvalue weighted by Crippen LogP contribution is -2.33. The molecular formula is C17H21N3O3S. The molecular weight excluding hydrogens is 326 g/mol. The second kappa shape index (κ2) is 7.92. The summed E-state index contributed by atoms with van der Waals surface area (Å²) in [5.41, 5.74) is 1.98. The summed E-state index contributed by atoms with van der Waals surface area (Å²) in [5, 5.41) is 7.44. The summed E-state index contributed by atoms with van der Waals surface area (Å²) in [4.78, 5) is 39.2. The first-order valence-corrected chi connectivity index (χ1v) is 8.51. The maximum Gasteiger partial charge on any atom is 0.253 e. The summed E-state index contributed by atoms with van der Waals surface area (Å²) in [7, 11) is 0. The quantitative estimate of drug-likeness (QED) is 0.746. The lowest BCUT2D eigenvalue weighted by atomic mass is 10.1. The fourth-order valence-electron chi connectivity index (χ4n) is 2.50. The number of carbonyl (C=O) groups excluding carboxylic acids is 2. The zero-order chi connectivity index (χ0) is 17.7. The van der Waals surface area contributed by atoms with Crippen molar-refractivity contribution in [1.82, 2.24) is 15.6 Å². The molecule has 0 aromatic carbocycles. The van der Waals surface area contributed by atoms with E-state index in [1.807, 2.05) is 37.4 Å². The Kier molecular flexibility index (Phi) is 5.92. The van der Waals surface area contributed by atoms with Crippen LogP contribution in [0.4, 0.5) is 0 Å². The highest BCUT2D eigenvalue weighted by molar-refractivity contribution is 7.10. The average molecular weight is 347 g/mol. The Morgan fingerprint density at radius 1 is 1.33 bits per heavy atom. The number of rotatable bonds is 6. The van der Waals surface area contributed by atoms with E-state index in [9.17, 15) is 14.4 Å². The molecule has 0 aliphatic carbocycles. The molecule has 1 atom stereocenters. The van der Waals surface area contributed by atoms with Crippen LogP contribution in [0.2, 0.25) is 0 Å². The van der Waals surface area contributed by atoms with Crippen LogP contribution in [0, 0.1) is 13.8 Å². The van der Waals surface area contributed by atoms with Gasteiger partial charge in [0.25, 0.3) is 5.56 Å². The first-order valence-electron chi connectivity index (χ1n) is 7.63. The number of aromatic nitrogens is 1. The number of carbonyl (C=O) groups is 2. The van der Waals surface area contributed by atoms with E-state index in [1.165, 1.54) is 18.3 Å². The van der Waals surface area contributed by atoms with Gasteiger partial charge in [-0.25, -0.2) is 0 Å². The smallest absolute Gasteiger partial charge is 0.253 e. The molecule has 2 aromatic heterocycles. The third-order valence-electron chi connectivity index (χ3n) is 3.61. The van der Waals surface area contributed by atoms with Crippen molar-refractivity contribution < 1.29 is 9.59 Å². The second-order valence-corrected chi connectivity index (χ2v) is 6.67. The topological polar surface area (TPSA) is 91.1 Å². The normalized spacial score (nSPS) is 11.8. The molecule has 0 aliphatic rings. The van der Waals surface area contributed by atoms with Gasteiger partial charge in [-0.2, -0.15) is 0 Å². The molecule has 0 saturated heterocycles. The first kappa shape index (κ1) is 17.9. The van der Waals surface area contributed by atoms with E-state index in [0.717, 1.165) is 16.1 Å². The van der Waals surface area contributed by atoms with Gasteiger partial charge in [0.05, 0.1) is 12.5 Å². The molecule has 2 amide bonds. The minimum Gasteiger partial charge on any atom is -0.352 e. The molecule has 0 bridgehead atoms. The Hall–Kier alpha value is -2.41. The van der Waals surface area contributed by atoms with E-state index in [4.69, 9.17) is 0 Å². The number of H-pyrrole nitrogens is 1. The van der Waals surface area contributed by atoms with Crippen molar-refractivity contribution in [3.05, 3.63) is 55.6 Å². The largest absolute Gasteiger partial charge is 0.352 e. The monoisotopic (exact) mass is 347 g/mol. The van der Waals surface area contributed by atoms with Gasteiger partial charge in [0.2, 0.25) is 11.8 Å². The van der Waals surface area contributed by atoms with Crippen molar-refractivity contribution in [2.24, 2.45) is 0 Å². The molecule has 0 fully saturated rings. The van der Waals surface area contributed by atoms with Gasteiger partial charge in [-0.1, -0.05) is 6.07 Å². The lowest BCUT2D eigenvalue weighted by Gasteiger charge is -2.16. The molecule has 7 heteroatoms. The zero-order valence-electron chi connectivity index (χ0n) is 13.9. The maximum atomic E-state index is 12.2. The van der Waals surface area contributed by atoms with Crippen LogP contribution in [0.25, 0.3) is 0 Å². The molecule has 0 radical (unpaired) electrons. The molecule has 2 aromatic rings. The number of thiophene rings is 1. The van der Waals surface area contributed by atoms with Crippen LogP contribution in [0.15, 0.2) is 28.4 Å². The highest BCUT2D eigenvalue weighted by Crippen LogP contribution is 2.22. The van der Waals surface area contributed by atoms with Crippen LogP contribution < -0.4 is 16.2 Å². The zero-order valence-corrected chi connectivity index (χ0v) is 14.8. The number of aryl methyl sites for hydroxylation is 2. The minimum absolute atomic E-state index is 0.128. The summed E-state index contributed by atoms with van der Waals surface area (Å²) in [6.45, 7) is 5.25. The Morgan fingerprint density at radius 2 is 2.08 bits per heavy atom. The lowest BCUT2D eigenvalue weighted by molar-refractivity contribution is -0.122. The number of hydrogen-bond acceptors (Lipinski definition) is 4. The van der Waals surface area contributed by atoms with Gasteiger partial charge in [0.15, 0.2) is 0 Å². The van der Waals surface area contributed by atoms with Crippen molar-refractivity contribution in [3.8, 4) is 0 Å². The van der Waals surface area contributed by atoms with E-state index >= 15 is 0 Å². The Bertz CT molecular complexity index is 781. The van der Waals surface area contributed by atoms with Crippen LogP contribution in [-0.2, 0) is 16.1 Å². The van der Waals surface area contributed by atoms with Crippen LogP contribution in [0.5, 0.6) is 0 Å². The Labute approximate surface area is 144 Å². The predicted octanol–water partition coefficient (Wildman–Crippen LogP) is 1.94. The molecule has 2 heterocycles. The number of hydrogen-bond donors (Lipinski definition) is 3. The van der Waals surface area contributed by atoms with E-state index in [2.05, 4.69) is 15.6 Å². The van der Waals surface area contributed by atoms with Gasteiger partial charge in [0, 0.05) is 29.6 Å². The molecule has 3 N–H and O–H groups in total. The molecule has 2 rings (SSSR count). The molecule has 6 nitrogen and oxygen atoms in total. The first-order chi connectivity index (χ1) is 11.4. The second-order valence-electron chi connectivity index (χ2n) is 5.69. The Balaban J connectivity index is 2.01. The van der Waals surface area contributed by atoms with Gasteiger partial charge in [-0.15, -0.1) is 11.3 Å². The van der Waals surface area contributed by atoms with Crippen molar-refractivity contribution in [2.45, 2.75) is 39.8 Å². The molecule has 0 spiro atoms. The molecule has 0 saturated carbocycles. The summed E-state index contributed by atoms with van der Waals surface area (Å²) in [5.74, 6) is -0.409. The van der Waals surface area contributed by atoms with Crippen LogP contribution in [0.3, 0.4) is 0 Å². The SMILES string of the molecule is CC(=O)N[C@H](CC(=O)NCc1c(C)cc(C)[nH]c1=O)c1cccs1. The highest BCUT2D eigenvalue weighted by atomic mass is 32.1. The number of aromatic amines is 1. The van der Waals surface area contributed by atoms with Gasteiger partial charge in [0.1, 0.15) is 0 Å². The highest BCUT2D eigenvalue weighted by Gasteiger charge is 2.18.